The molecule has 6 nitrogen and oxygen atoms in total. The van der Waals surface area contributed by atoms with Crippen LogP contribution < -0.4 is 5.73 Å². The molecule has 86 valence electrons. The summed E-state index contributed by atoms with van der Waals surface area (Å²) >= 11 is 1.04. The molecule has 0 aliphatic heterocycles. The van der Waals surface area contributed by atoms with Crippen LogP contribution in [-0.4, -0.2) is 15.2 Å². The van der Waals surface area contributed by atoms with E-state index in [1.165, 1.54) is 18.3 Å². The lowest BCUT2D eigenvalue weighted by atomic mass is 10.1. The summed E-state index contributed by atoms with van der Waals surface area (Å²) < 4.78 is 3.79. The third-order valence-corrected chi connectivity index (χ3v) is 3.02. The van der Waals surface area contributed by atoms with E-state index in [-0.39, 0.29) is 5.69 Å². The van der Waals surface area contributed by atoms with Crippen LogP contribution in [0.2, 0.25) is 0 Å². The van der Waals surface area contributed by atoms with Gasteiger partial charge in [0.15, 0.2) is 0 Å². The number of aromatic nitrogens is 1. The largest absolute Gasteiger partial charge is 0.366 e. The second kappa shape index (κ2) is 4.30. The highest BCUT2D eigenvalue weighted by atomic mass is 32.1. The van der Waals surface area contributed by atoms with E-state index in [4.69, 9.17) is 5.73 Å². The first-order valence-corrected chi connectivity index (χ1v) is 5.36. The van der Waals surface area contributed by atoms with Crippen molar-refractivity contribution in [2.75, 3.05) is 0 Å². The first kappa shape index (κ1) is 11.2. The zero-order valence-corrected chi connectivity index (χ0v) is 9.31. The van der Waals surface area contributed by atoms with Crippen molar-refractivity contribution < 1.29 is 9.72 Å². The highest BCUT2D eigenvalue weighted by Crippen LogP contribution is 2.33. The number of hydrogen-bond donors (Lipinski definition) is 1. The molecule has 2 aromatic rings. The fourth-order valence-corrected chi connectivity index (χ4v) is 2.07. The predicted molar refractivity (Wildman–Crippen MR) is 62.7 cm³/mol. The molecule has 0 radical (unpaired) electrons. The number of hydrogen-bond acceptors (Lipinski definition) is 5. The van der Waals surface area contributed by atoms with Crippen LogP contribution in [0.15, 0.2) is 30.5 Å². The van der Waals surface area contributed by atoms with Crippen LogP contribution in [0.25, 0.3) is 10.4 Å². The van der Waals surface area contributed by atoms with Gasteiger partial charge in [0.05, 0.1) is 4.92 Å². The van der Waals surface area contributed by atoms with Crippen LogP contribution in [0.5, 0.6) is 0 Å². The van der Waals surface area contributed by atoms with Crippen LogP contribution in [-0.2, 0) is 0 Å². The third kappa shape index (κ3) is 2.13. The molecule has 0 bridgehead atoms. The summed E-state index contributed by atoms with van der Waals surface area (Å²) in [6.45, 7) is 0. The average molecular weight is 249 g/mol. The van der Waals surface area contributed by atoms with E-state index in [1.807, 2.05) is 0 Å². The van der Waals surface area contributed by atoms with Crippen molar-refractivity contribution in [3.8, 4) is 10.4 Å². The van der Waals surface area contributed by atoms with E-state index in [0.717, 1.165) is 11.5 Å². The van der Waals surface area contributed by atoms with Crippen LogP contribution in [0.1, 0.15) is 10.4 Å². The number of carbonyl (C=O) groups is 1. The third-order valence-electron chi connectivity index (χ3n) is 2.18. The van der Waals surface area contributed by atoms with Gasteiger partial charge in [-0.15, -0.1) is 0 Å². The molecule has 2 rings (SSSR count). The van der Waals surface area contributed by atoms with Gasteiger partial charge in [0, 0.05) is 11.1 Å². The lowest BCUT2D eigenvalue weighted by molar-refractivity contribution is -0.384. The Morgan fingerprint density at radius 3 is 2.53 bits per heavy atom. The van der Waals surface area contributed by atoms with Gasteiger partial charge in [-0.1, -0.05) is 12.1 Å². The lowest BCUT2D eigenvalue weighted by Crippen LogP contribution is -2.10. The molecule has 1 amide bonds. The molecule has 0 unspecified atom stereocenters. The Labute approximate surface area is 100 Å². The van der Waals surface area contributed by atoms with Crippen LogP contribution >= 0.6 is 11.5 Å². The summed E-state index contributed by atoms with van der Waals surface area (Å²) in [7, 11) is 0. The van der Waals surface area contributed by atoms with Gasteiger partial charge in [0.2, 0.25) is 5.91 Å². The number of carbonyl (C=O) groups excluding carboxylic acids is 1. The van der Waals surface area contributed by atoms with E-state index >= 15 is 0 Å². The number of rotatable bonds is 3. The van der Waals surface area contributed by atoms with Gasteiger partial charge in [-0.25, -0.2) is 0 Å². The number of nitrogens with zero attached hydrogens (tertiary/aromatic N) is 2. The molecule has 2 N–H and O–H groups in total. The Morgan fingerprint density at radius 1 is 1.35 bits per heavy atom. The maximum absolute atomic E-state index is 10.9. The molecule has 0 aliphatic rings. The zero-order valence-electron chi connectivity index (χ0n) is 8.49. The van der Waals surface area contributed by atoms with E-state index < -0.39 is 10.8 Å². The van der Waals surface area contributed by atoms with Gasteiger partial charge in [0.25, 0.3) is 0 Å². The maximum Gasteiger partial charge on any atom is 0.307 e. The predicted octanol–water partition coefficient (Wildman–Crippen LogP) is 1.82. The summed E-state index contributed by atoms with van der Waals surface area (Å²) in [5.41, 5.74) is 6.07. The first-order valence-electron chi connectivity index (χ1n) is 4.59. The molecular formula is C10H7N3O3S. The van der Waals surface area contributed by atoms with Crippen molar-refractivity contribution >= 4 is 23.1 Å². The molecule has 7 heteroatoms. The normalized spacial score (nSPS) is 10.1. The number of nitrogens with two attached hydrogens (primary N) is 1. The number of amides is 1. The van der Waals surface area contributed by atoms with Gasteiger partial charge >= 0.3 is 5.69 Å². The Bertz CT molecular complexity index is 577. The van der Waals surface area contributed by atoms with E-state index in [2.05, 4.69) is 4.37 Å². The number of primary amides is 1. The summed E-state index contributed by atoms with van der Waals surface area (Å²) in [6.07, 6.45) is 1.21. The molecule has 1 heterocycles. The van der Waals surface area contributed by atoms with Gasteiger partial charge in [0.1, 0.15) is 11.1 Å². The number of nitro groups is 1. The highest BCUT2D eigenvalue weighted by molar-refractivity contribution is 7.10. The molecule has 0 spiro atoms. The van der Waals surface area contributed by atoms with Crippen molar-refractivity contribution in [1.82, 2.24) is 4.37 Å². The molecule has 1 aromatic carbocycles. The minimum Gasteiger partial charge on any atom is -0.366 e. The fourth-order valence-electron chi connectivity index (χ4n) is 1.35. The molecular weight excluding hydrogens is 242 g/mol. The van der Waals surface area contributed by atoms with E-state index in [0.29, 0.717) is 16.0 Å². The van der Waals surface area contributed by atoms with Gasteiger partial charge in [-0.05, 0) is 23.7 Å². The molecule has 0 atom stereocenters. The second-order valence-corrected chi connectivity index (χ2v) is 4.04. The Balaban J connectivity index is 2.43. The number of benzene rings is 1. The summed E-state index contributed by atoms with van der Waals surface area (Å²) in [5.74, 6) is -0.532. The molecule has 0 aliphatic carbocycles. The fraction of sp³-hybridized carbons (Fsp3) is 0. The van der Waals surface area contributed by atoms with Gasteiger partial charge in [-0.2, -0.15) is 4.37 Å². The smallest absolute Gasteiger partial charge is 0.307 e. The summed E-state index contributed by atoms with van der Waals surface area (Å²) in [5, 5.41) is 10.7. The SMILES string of the molecule is NC(=O)c1ccc(-c2sncc2[N+](=O)[O-])cc1. The first-order chi connectivity index (χ1) is 8.09. The summed E-state index contributed by atoms with van der Waals surface area (Å²) in [6, 6.07) is 6.28. The molecule has 17 heavy (non-hydrogen) atoms. The average Bonchev–Trinajstić information content (AvgIpc) is 2.78. The van der Waals surface area contributed by atoms with Gasteiger partial charge in [-0.3, -0.25) is 14.9 Å². The van der Waals surface area contributed by atoms with Crippen molar-refractivity contribution in [2.45, 2.75) is 0 Å². The molecule has 0 saturated carbocycles. The lowest BCUT2D eigenvalue weighted by Gasteiger charge is -1.98. The van der Waals surface area contributed by atoms with Crippen molar-refractivity contribution in [3.63, 3.8) is 0 Å². The molecule has 1 aromatic heterocycles. The minimum absolute atomic E-state index is 0.0400. The van der Waals surface area contributed by atoms with Crippen molar-refractivity contribution in [2.24, 2.45) is 5.73 Å². The maximum atomic E-state index is 10.9. The minimum atomic E-state index is -0.532. The topological polar surface area (TPSA) is 99.1 Å². The Kier molecular flexibility index (Phi) is 2.84. The van der Waals surface area contributed by atoms with E-state index in [9.17, 15) is 14.9 Å². The van der Waals surface area contributed by atoms with Gasteiger partial charge < -0.3 is 5.73 Å². The van der Waals surface area contributed by atoms with Crippen molar-refractivity contribution in [1.29, 1.82) is 0 Å². The van der Waals surface area contributed by atoms with Crippen molar-refractivity contribution in [3.05, 3.63) is 46.1 Å². The van der Waals surface area contributed by atoms with Crippen LogP contribution in [0.3, 0.4) is 0 Å². The Morgan fingerprint density at radius 2 is 2.00 bits per heavy atom. The monoisotopic (exact) mass is 249 g/mol. The van der Waals surface area contributed by atoms with Crippen LogP contribution in [0.4, 0.5) is 5.69 Å². The quantitative estimate of drug-likeness (QED) is 0.662. The Hall–Kier alpha value is -2.28. The van der Waals surface area contributed by atoms with Crippen LogP contribution in [0, 0.1) is 10.1 Å². The second-order valence-electron chi connectivity index (χ2n) is 3.24. The molecule has 0 saturated heterocycles. The standard InChI is InChI=1S/C10H7N3O3S/c11-10(14)7-3-1-6(2-4-7)9-8(13(15)16)5-12-17-9/h1-5H,(H2,11,14). The van der Waals surface area contributed by atoms with E-state index in [1.54, 1.807) is 12.1 Å². The zero-order chi connectivity index (χ0) is 12.4. The summed E-state index contributed by atoms with van der Waals surface area (Å²) in [4.78, 5) is 21.6. The highest BCUT2D eigenvalue weighted by Gasteiger charge is 2.18. The molecule has 0 fully saturated rings.